The average Bonchev–Trinajstić information content (AvgIpc) is 0.984. The van der Waals surface area contributed by atoms with Gasteiger partial charge in [-0.1, -0.05) is 167 Å². The van der Waals surface area contributed by atoms with Gasteiger partial charge in [0.1, 0.15) is 23.0 Å². The molecule has 94 heavy (non-hydrogen) atoms. The first-order valence-corrected chi connectivity index (χ1v) is 25.3. The second-order valence-electron chi connectivity index (χ2n) is 17.0. The molecule has 8 rings (SSSR count). The second kappa shape index (κ2) is 52.7. The minimum absolute atomic E-state index is 0. The molecule has 0 N–H and O–H groups in total. The zero-order chi connectivity index (χ0) is 67.6. The van der Waals surface area contributed by atoms with Crippen LogP contribution in [0, 0.1) is 111 Å². The molecule has 8 aromatic rings. The van der Waals surface area contributed by atoms with Gasteiger partial charge < -0.3 is 100 Å². The Morgan fingerprint density at radius 2 is 0.489 bits per heavy atom. The predicted octanol–water partition coefficient (Wildman–Crippen LogP) is 5.30. The van der Waals surface area contributed by atoms with Gasteiger partial charge in [0.15, 0.2) is 0 Å². The van der Waals surface area contributed by atoms with Crippen LogP contribution in [0.2, 0.25) is 0 Å². The minimum atomic E-state index is -1.75. The molecule has 0 heterocycles. The standard InChI is InChI=1S/4C14H13NO3.2C3H7NO.2Gd.2NO3.2Zn/c4*1-18-13-8-4-5-10(14(13)17)9-15-11-6-2-3-7-12(11)16;2*1-4(2)3-5;;;2*2-1(3)4;;/h4*2-9,16-17H,1H3;2*3H,1-2H3;;;;;;/q;;;;;;2*+3;2*-1;2*+2/p-8. The van der Waals surface area contributed by atoms with E-state index in [0.29, 0.717) is 45.0 Å². The number of para-hydroxylation sites is 12. The number of methoxy groups -OCH3 is 4. The number of nitrogens with zero attached hydrogens (tertiary/aromatic N) is 8. The van der Waals surface area contributed by atoms with Crippen molar-refractivity contribution in [2.45, 2.75) is 0 Å². The molecule has 0 unspecified atom stereocenters. The molecule has 32 heteroatoms. The molecular formula is C62H58Gd2N8O20Zn2. The van der Waals surface area contributed by atoms with Crippen LogP contribution in [0.1, 0.15) is 22.3 Å². The Morgan fingerprint density at radius 3 is 0.628 bits per heavy atom. The summed E-state index contributed by atoms with van der Waals surface area (Å²) < 4.78 is 19.7. The van der Waals surface area contributed by atoms with Gasteiger partial charge in [0.05, 0.1) is 61.4 Å². The molecule has 0 aliphatic rings. The molecule has 28 nitrogen and oxygen atoms in total. The van der Waals surface area contributed by atoms with Gasteiger partial charge in [-0.15, -0.1) is 0 Å². The predicted molar refractivity (Wildman–Crippen MR) is 323 cm³/mol. The smallest absolute Gasteiger partial charge is 0.871 e. The van der Waals surface area contributed by atoms with Crippen molar-refractivity contribution in [1.29, 1.82) is 0 Å². The van der Waals surface area contributed by atoms with E-state index in [2.05, 4.69) is 20.0 Å². The summed E-state index contributed by atoms with van der Waals surface area (Å²) in [5, 5.41) is 122. The Bertz CT molecular complexity index is 3200. The molecule has 8 aromatic carbocycles. The third-order valence-electron chi connectivity index (χ3n) is 10.2. The first-order chi connectivity index (χ1) is 42.9. The molecule has 0 spiro atoms. The Kier molecular flexibility index (Phi) is 51.4. The fourth-order valence-corrected chi connectivity index (χ4v) is 5.99. The Labute approximate surface area is 630 Å². The molecule has 0 atom stereocenters. The number of carbonyl (C=O) groups excluding carboxylic acids is 2. The number of ether oxygens (including phenoxy) is 4. The molecule has 0 saturated carbocycles. The fourth-order valence-electron chi connectivity index (χ4n) is 5.99. The third-order valence-corrected chi connectivity index (χ3v) is 10.2. The quantitative estimate of drug-likeness (QED) is 0.0438. The number of rotatable bonds is 14. The summed E-state index contributed by atoms with van der Waals surface area (Å²) in [4.78, 5) is 54.3. The van der Waals surface area contributed by atoms with E-state index in [1.165, 1.54) is 87.4 Å². The van der Waals surface area contributed by atoms with Gasteiger partial charge in [0.2, 0.25) is 12.8 Å². The van der Waals surface area contributed by atoms with E-state index in [9.17, 15) is 50.4 Å². The molecule has 0 saturated heterocycles. The van der Waals surface area contributed by atoms with Gasteiger partial charge in [-0.05, 0) is 70.8 Å². The summed E-state index contributed by atoms with van der Waals surface area (Å²) >= 11 is 0. The van der Waals surface area contributed by atoms with E-state index in [1.54, 1.807) is 174 Å². The molecule has 0 fully saturated rings. The topological polar surface area (TPSA) is 444 Å². The molecule has 0 aliphatic carbocycles. The summed E-state index contributed by atoms with van der Waals surface area (Å²) in [6.45, 7) is 0. The van der Waals surface area contributed by atoms with Crippen LogP contribution in [0.3, 0.4) is 0 Å². The van der Waals surface area contributed by atoms with Crippen LogP contribution >= 0.6 is 0 Å². The monoisotopic (exact) mass is 1680 g/mol. The van der Waals surface area contributed by atoms with Gasteiger partial charge in [-0.25, -0.2) is 0 Å². The van der Waals surface area contributed by atoms with E-state index >= 15 is 0 Å². The Hall–Kier alpha value is -8.72. The van der Waals surface area contributed by atoms with E-state index in [4.69, 9.17) is 49.6 Å². The van der Waals surface area contributed by atoms with Gasteiger partial charge in [0, 0.05) is 53.0 Å². The van der Waals surface area contributed by atoms with Crippen molar-refractivity contribution in [2.75, 3.05) is 56.6 Å². The summed E-state index contributed by atoms with van der Waals surface area (Å²) in [5.41, 5.74) is 2.77. The molecule has 2 amide bonds. The van der Waals surface area contributed by atoms with E-state index in [1.807, 2.05) is 0 Å². The van der Waals surface area contributed by atoms with Crippen molar-refractivity contribution < 1.29 is 198 Å². The van der Waals surface area contributed by atoms with Crippen LogP contribution in [0.5, 0.6) is 69.0 Å². The van der Waals surface area contributed by atoms with Crippen LogP contribution in [0.4, 0.5) is 22.7 Å². The van der Waals surface area contributed by atoms with Crippen LogP contribution in [-0.4, -0.2) is 114 Å². The zero-order valence-corrected chi connectivity index (χ0v) is 62.0. The van der Waals surface area contributed by atoms with Gasteiger partial charge in [-0.2, -0.15) is 0 Å². The van der Waals surface area contributed by atoms with Crippen molar-refractivity contribution in [3.63, 3.8) is 0 Å². The van der Waals surface area contributed by atoms with Crippen molar-refractivity contribution in [3.05, 3.63) is 223 Å². The third kappa shape index (κ3) is 37.1. The maximum atomic E-state index is 11.8. The Balaban J connectivity index is -0.000000520. The van der Waals surface area contributed by atoms with Gasteiger partial charge in [0.25, 0.3) is 0 Å². The minimum Gasteiger partial charge on any atom is -0.871 e. The second-order valence-corrected chi connectivity index (χ2v) is 17.0. The zero-order valence-electron chi connectivity index (χ0n) is 51.5. The van der Waals surface area contributed by atoms with Crippen molar-refractivity contribution in [3.8, 4) is 69.0 Å². The van der Waals surface area contributed by atoms with E-state index in [-0.39, 0.29) is 188 Å². The molecule has 2 radical (unpaired) electrons. The number of benzene rings is 8. The first-order valence-electron chi connectivity index (χ1n) is 25.3. The van der Waals surface area contributed by atoms with Gasteiger partial charge >= 0.3 is 119 Å². The van der Waals surface area contributed by atoms with Crippen molar-refractivity contribution >= 4 is 60.4 Å². The first kappa shape index (κ1) is 91.7. The number of hydrogen-bond acceptors (Lipinski definition) is 24. The molecule has 486 valence electrons. The number of amides is 2. The van der Waals surface area contributed by atoms with Gasteiger partial charge in [-0.3, -0.25) is 29.6 Å². The summed E-state index contributed by atoms with van der Waals surface area (Å²) in [7, 11) is 12.5. The normalized spacial score (nSPS) is 9.45. The molecular weight excluding hydrogens is 1620 g/mol. The summed E-state index contributed by atoms with van der Waals surface area (Å²) in [5.74, 6) is -0.646. The Morgan fingerprint density at radius 1 is 0.330 bits per heavy atom. The van der Waals surface area contributed by atoms with E-state index < -0.39 is 10.2 Å². The van der Waals surface area contributed by atoms with Crippen molar-refractivity contribution in [2.24, 2.45) is 20.0 Å². The fraction of sp³-hybridized carbons (Fsp3) is 0.129. The SMILES string of the molecule is CN(C)C=O.CN(C)C=O.COc1cccc(C=Nc2ccccc2[O-])c1[O-].COc1cccc(C=Nc2ccccc2[O-])c1[O-].COc1cccc(C=Nc2ccccc2[O-])c1[O-].COc1cccc(C=Nc2ccccc2[O-])c1[O-].O=[N+]([O-])[O-].O=[N+]([O-])[O-].[Gd+3].[Gd+3].[Zn+2].[Zn+2]. The van der Waals surface area contributed by atoms with Crippen molar-refractivity contribution in [1.82, 2.24) is 9.80 Å². The maximum absolute atomic E-state index is 11.8. The summed E-state index contributed by atoms with van der Waals surface area (Å²) in [6.07, 6.45) is 7.01. The van der Waals surface area contributed by atoms with Crippen LogP contribution in [-0.2, 0) is 48.5 Å². The van der Waals surface area contributed by atoms with Crippen LogP contribution in [0.25, 0.3) is 0 Å². The summed E-state index contributed by atoms with van der Waals surface area (Å²) in [6, 6.07) is 45.2. The average molecular weight is 1680 g/mol. The number of hydrogen-bond donors (Lipinski definition) is 0. The number of aliphatic imine (C=N–C) groups is 4. The maximum Gasteiger partial charge on any atom is 3.00 e. The van der Waals surface area contributed by atoms with E-state index in [0.717, 1.165) is 12.8 Å². The number of carbonyl (C=O) groups is 2. The molecule has 0 aliphatic heterocycles. The molecule has 0 bridgehead atoms. The molecule has 0 aromatic heterocycles. The van der Waals surface area contributed by atoms with Crippen LogP contribution < -0.4 is 59.8 Å². The van der Waals surface area contributed by atoms with Crippen LogP contribution in [0.15, 0.2) is 190 Å². The largest absolute Gasteiger partial charge is 3.00 e.